The number of hydrogen-bond acceptors (Lipinski definition) is 7. The third-order valence-electron chi connectivity index (χ3n) is 12.0. The van der Waals surface area contributed by atoms with Crippen LogP contribution in [0.2, 0.25) is 0 Å². The Bertz CT molecular complexity index is 1380. The normalized spacial score (nSPS) is 11.7. The van der Waals surface area contributed by atoms with Gasteiger partial charge in [-0.15, -0.1) is 0 Å². The van der Waals surface area contributed by atoms with Gasteiger partial charge < -0.3 is 14.0 Å². The Balaban J connectivity index is 0.0000384. The van der Waals surface area contributed by atoms with Crippen LogP contribution in [0.1, 0.15) is 279 Å². The minimum absolute atomic E-state index is 0. The molecular weight excluding hydrogens is 832 g/mol. The van der Waals surface area contributed by atoms with Gasteiger partial charge in [-0.25, -0.2) is 18.0 Å². The van der Waals surface area contributed by atoms with E-state index in [2.05, 4.69) is 38.2 Å². The second-order valence-electron chi connectivity index (χ2n) is 17.8. The number of esters is 2. The van der Waals surface area contributed by atoms with Crippen molar-refractivity contribution >= 4 is 22.1 Å². The van der Waals surface area contributed by atoms with Gasteiger partial charge in [0.1, 0.15) is 10.1 Å². The molecule has 0 bridgehead atoms. The van der Waals surface area contributed by atoms with Gasteiger partial charge in [-0.3, -0.25) is 0 Å². The van der Waals surface area contributed by atoms with E-state index in [-0.39, 0.29) is 70.2 Å². The van der Waals surface area contributed by atoms with Crippen molar-refractivity contribution in [2.24, 2.45) is 0 Å². The number of carbonyl (C=O) groups excluding carboxylic acids is 2. The van der Waals surface area contributed by atoms with Crippen LogP contribution >= 0.6 is 0 Å². The second-order valence-corrected chi connectivity index (χ2v) is 19.2. The molecule has 0 amide bonds. The first kappa shape index (κ1) is 62.2. The maximum atomic E-state index is 13.1. The van der Waals surface area contributed by atoms with Crippen molar-refractivity contribution in [1.82, 2.24) is 0 Å². The molecule has 63 heavy (non-hydrogen) atoms. The fourth-order valence-corrected chi connectivity index (χ4v) is 8.76. The molecular formula is C54H93KO7S. The first-order chi connectivity index (χ1) is 30.3. The molecule has 0 heterocycles. The van der Waals surface area contributed by atoms with Crippen molar-refractivity contribution in [2.45, 2.75) is 263 Å². The van der Waals surface area contributed by atoms with E-state index >= 15 is 0 Å². The maximum Gasteiger partial charge on any atom is 1.00 e. The summed E-state index contributed by atoms with van der Waals surface area (Å²) in [4.78, 5) is 25.3. The van der Waals surface area contributed by atoms with Gasteiger partial charge in [-0.05, 0) is 76.3 Å². The van der Waals surface area contributed by atoms with E-state index < -0.39 is 32.5 Å². The summed E-state index contributed by atoms with van der Waals surface area (Å²) < 4.78 is 47.0. The molecule has 358 valence electrons. The van der Waals surface area contributed by atoms with Crippen molar-refractivity contribution in [3.8, 4) is 0 Å². The molecule has 0 aliphatic carbocycles. The molecule has 0 aliphatic rings. The van der Waals surface area contributed by atoms with Gasteiger partial charge in [0.2, 0.25) is 0 Å². The Morgan fingerprint density at radius 3 is 1.05 bits per heavy atom. The maximum absolute atomic E-state index is 13.1. The third-order valence-corrected chi connectivity index (χ3v) is 12.9. The van der Waals surface area contributed by atoms with Crippen molar-refractivity contribution < 1.29 is 83.4 Å². The average molecular weight is 925 g/mol. The zero-order valence-electron chi connectivity index (χ0n) is 41.1. The smallest absolute Gasteiger partial charge is 0.744 e. The zero-order chi connectivity index (χ0) is 45.0. The molecule has 0 spiro atoms. The summed E-state index contributed by atoms with van der Waals surface area (Å²) in [6, 6.07) is 3.64. The van der Waals surface area contributed by atoms with Gasteiger partial charge in [0, 0.05) is 0 Å². The van der Waals surface area contributed by atoms with Crippen LogP contribution in [-0.2, 0) is 19.6 Å². The van der Waals surface area contributed by atoms with E-state index in [1.807, 2.05) is 0 Å². The van der Waals surface area contributed by atoms with Crippen molar-refractivity contribution in [3.63, 3.8) is 0 Å². The third kappa shape index (κ3) is 37.9. The van der Waals surface area contributed by atoms with E-state index in [9.17, 15) is 22.6 Å². The first-order valence-corrected chi connectivity index (χ1v) is 27.5. The Kier molecular flexibility index (Phi) is 45.7. The molecule has 0 saturated heterocycles. The number of rotatable bonds is 45. The summed E-state index contributed by atoms with van der Waals surface area (Å²) in [6.07, 6.45) is 56.2. The SMILES string of the molecule is CCCCCCCCCC/C=C/CCCCCCCCCCCOC(=O)c1cccc(S(=O)(=O)[O-])c1C(=O)OCCCCCCCCCCC/C=C/CCCCCCCCCC.[K+]. The molecule has 0 saturated carbocycles. The van der Waals surface area contributed by atoms with Gasteiger partial charge in [0.25, 0.3) is 0 Å². The van der Waals surface area contributed by atoms with Gasteiger partial charge in [0.05, 0.1) is 29.2 Å². The number of carbonyl (C=O) groups is 2. The number of unbranched alkanes of at least 4 members (excludes halogenated alkanes) is 34. The minimum Gasteiger partial charge on any atom is -0.744 e. The standard InChI is InChI=1S/C54H94O7S.K/c1-3-5-7-9-11-13-15-17-19-21-23-25-27-29-31-33-35-37-39-41-43-48-60-53(55)50-46-45-47-51(62(57,58)59)52(50)54(56)61-49-44-42-40-38-36-34-32-30-28-26-24-22-20-18-16-14-12-10-8-6-4-2;/h21-24,45-47H,3-20,25-44,48-49H2,1-2H3,(H,57,58,59);/q;+1/p-1/b23-21+,24-22+;. The summed E-state index contributed by atoms with van der Waals surface area (Å²) in [5, 5.41) is 0. The zero-order valence-corrected chi connectivity index (χ0v) is 45.0. The van der Waals surface area contributed by atoms with Gasteiger partial charge in [-0.2, -0.15) is 0 Å². The predicted molar refractivity (Wildman–Crippen MR) is 260 cm³/mol. The Morgan fingerprint density at radius 1 is 0.444 bits per heavy atom. The summed E-state index contributed by atoms with van der Waals surface area (Å²) in [5.74, 6) is -1.81. The van der Waals surface area contributed by atoms with Gasteiger partial charge >= 0.3 is 63.3 Å². The first-order valence-electron chi connectivity index (χ1n) is 26.1. The van der Waals surface area contributed by atoms with Crippen LogP contribution in [0.3, 0.4) is 0 Å². The van der Waals surface area contributed by atoms with Crippen molar-refractivity contribution in [2.75, 3.05) is 13.2 Å². The van der Waals surface area contributed by atoms with Gasteiger partial charge in [-0.1, -0.05) is 224 Å². The van der Waals surface area contributed by atoms with E-state index in [4.69, 9.17) is 9.47 Å². The number of hydrogen-bond donors (Lipinski definition) is 0. The average Bonchev–Trinajstić information content (AvgIpc) is 3.26. The Morgan fingerprint density at radius 2 is 0.730 bits per heavy atom. The van der Waals surface area contributed by atoms with Crippen molar-refractivity contribution in [3.05, 3.63) is 53.6 Å². The molecule has 9 heteroatoms. The second kappa shape index (κ2) is 46.3. The largest absolute Gasteiger partial charge is 1.00 e. The van der Waals surface area contributed by atoms with Crippen LogP contribution in [0.5, 0.6) is 0 Å². The van der Waals surface area contributed by atoms with Crippen LogP contribution < -0.4 is 51.4 Å². The van der Waals surface area contributed by atoms with Crippen molar-refractivity contribution in [1.29, 1.82) is 0 Å². The fourth-order valence-electron chi connectivity index (χ4n) is 8.07. The van der Waals surface area contributed by atoms with Crippen LogP contribution in [-0.4, -0.2) is 38.1 Å². The molecule has 0 fully saturated rings. The fraction of sp³-hybridized carbons (Fsp3) is 0.778. The molecule has 0 radical (unpaired) electrons. The summed E-state index contributed by atoms with van der Waals surface area (Å²) in [6.45, 7) is 4.78. The number of ether oxygens (including phenoxy) is 2. The molecule has 1 rings (SSSR count). The molecule has 0 aromatic heterocycles. The van der Waals surface area contributed by atoms with Crippen LogP contribution in [0.15, 0.2) is 47.4 Å². The molecule has 1 aromatic carbocycles. The summed E-state index contributed by atoms with van der Waals surface area (Å²) >= 11 is 0. The molecule has 1 aromatic rings. The predicted octanol–water partition coefficient (Wildman–Crippen LogP) is 13.9. The van der Waals surface area contributed by atoms with Crippen LogP contribution in [0.25, 0.3) is 0 Å². The number of benzene rings is 1. The Labute approximate surface area is 431 Å². The summed E-state index contributed by atoms with van der Waals surface area (Å²) in [5.41, 5.74) is -0.776. The monoisotopic (exact) mass is 925 g/mol. The molecule has 0 N–H and O–H groups in total. The summed E-state index contributed by atoms with van der Waals surface area (Å²) in [7, 11) is -5.02. The van der Waals surface area contributed by atoms with Crippen LogP contribution in [0, 0.1) is 0 Å². The van der Waals surface area contributed by atoms with E-state index in [1.54, 1.807) is 0 Å². The quantitative estimate of drug-likeness (QED) is 0.0211. The molecule has 0 aliphatic heterocycles. The van der Waals surface area contributed by atoms with E-state index in [0.717, 1.165) is 44.6 Å². The van der Waals surface area contributed by atoms with E-state index in [1.165, 1.54) is 205 Å². The molecule has 0 atom stereocenters. The van der Waals surface area contributed by atoms with Gasteiger partial charge in [0.15, 0.2) is 0 Å². The number of allylic oxidation sites excluding steroid dienone is 4. The molecule has 7 nitrogen and oxygen atoms in total. The van der Waals surface area contributed by atoms with E-state index in [0.29, 0.717) is 12.8 Å². The minimum atomic E-state index is -5.02. The molecule has 0 unspecified atom stereocenters. The Hall–Kier alpha value is -0.814. The van der Waals surface area contributed by atoms with Crippen LogP contribution in [0.4, 0.5) is 0 Å². The topological polar surface area (TPSA) is 110 Å².